The van der Waals surface area contributed by atoms with E-state index in [2.05, 4.69) is 22.3 Å². The normalized spacial score (nSPS) is 17.2. The molecule has 132 valence electrons. The topological polar surface area (TPSA) is 97.4 Å². The number of fused-ring (bicyclic) bond motifs is 3. The van der Waals surface area contributed by atoms with Crippen LogP contribution in [0.1, 0.15) is 35.7 Å². The van der Waals surface area contributed by atoms with Crippen molar-refractivity contribution < 1.29 is 13.9 Å². The molecule has 0 aliphatic carbocycles. The number of rotatable bonds is 3. The highest BCUT2D eigenvalue weighted by atomic mass is 19.1. The van der Waals surface area contributed by atoms with Gasteiger partial charge in [0.05, 0.1) is 23.8 Å². The van der Waals surface area contributed by atoms with E-state index in [0.29, 0.717) is 22.6 Å². The fourth-order valence-corrected chi connectivity index (χ4v) is 3.82. The molecule has 1 aromatic carbocycles. The molecule has 0 saturated carbocycles. The molecule has 1 aliphatic rings. The van der Waals surface area contributed by atoms with Crippen molar-refractivity contribution >= 4 is 22.6 Å². The number of aromatic nitrogens is 3. The van der Waals surface area contributed by atoms with Gasteiger partial charge in [0.2, 0.25) is 5.88 Å². The molecule has 8 heteroatoms. The first-order valence-electron chi connectivity index (χ1n) is 8.23. The third-order valence-corrected chi connectivity index (χ3v) is 5.16. The molecule has 1 fully saturated rings. The lowest BCUT2D eigenvalue weighted by Crippen LogP contribution is -2.37. The molecule has 3 aromatic rings. The molecule has 1 saturated heterocycles. The van der Waals surface area contributed by atoms with E-state index in [1.165, 1.54) is 6.07 Å². The summed E-state index contributed by atoms with van der Waals surface area (Å²) >= 11 is 0. The van der Waals surface area contributed by atoms with Crippen molar-refractivity contribution in [2.45, 2.75) is 25.2 Å². The average molecular weight is 345 g/mol. The van der Waals surface area contributed by atoms with Crippen LogP contribution in [0.25, 0.3) is 16.7 Å². The Kier molecular flexibility index (Phi) is 3.47. The van der Waals surface area contributed by atoms with Gasteiger partial charge in [-0.25, -0.2) is 13.9 Å². The van der Waals surface area contributed by atoms with Crippen LogP contribution in [-0.4, -0.2) is 40.7 Å². The molecule has 4 N–H and O–H groups in total. The monoisotopic (exact) mass is 345 g/mol. The zero-order valence-electron chi connectivity index (χ0n) is 14.1. The number of methoxy groups -OCH3 is 1. The molecule has 1 aliphatic heterocycles. The van der Waals surface area contributed by atoms with Gasteiger partial charge < -0.3 is 15.8 Å². The van der Waals surface area contributed by atoms with Crippen LogP contribution in [-0.2, 0) is 5.41 Å². The van der Waals surface area contributed by atoms with E-state index < -0.39 is 11.7 Å². The zero-order valence-corrected chi connectivity index (χ0v) is 14.1. The SMILES string of the molecule is COc1[nH]n2c(nc3cc(F)cc(C(N)=O)c32)c1C1(C)CCNCC1. The first-order chi connectivity index (χ1) is 11.9. The second-order valence-corrected chi connectivity index (χ2v) is 6.79. The van der Waals surface area contributed by atoms with E-state index in [1.54, 1.807) is 11.6 Å². The number of halogens is 1. The summed E-state index contributed by atoms with van der Waals surface area (Å²) < 4.78 is 21.1. The van der Waals surface area contributed by atoms with Crippen molar-refractivity contribution in [3.8, 4) is 5.88 Å². The van der Waals surface area contributed by atoms with Crippen LogP contribution in [0.15, 0.2) is 12.1 Å². The first kappa shape index (κ1) is 15.9. The predicted molar refractivity (Wildman–Crippen MR) is 91.5 cm³/mol. The van der Waals surface area contributed by atoms with E-state index in [1.807, 2.05) is 0 Å². The quantitative estimate of drug-likeness (QED) is 0.673. The molecule has 0 atom stereocenters. The van der Waals surface area contributed by atoms with Crippen LogP contribution in [0.3, 0.4) is 0 Å². The number of aromatic amines is 1. The summed E-state index contributed by atoms with van der Waals surface area (Å²) in [5.41, 5.74) is 7.85. The molecule has 1 amide bonds. The van der Waals surface area contributed by atoms with Crippen LogP contribution in [0, 0.1) is 5.82 Å². The first-order valence-corrected chi connectivity index (χ1v) is 8.23. The maximum absolute atomic E-state index is 13.9. The smallest absolute Gasteiger partial charge is 0.251 e. The Bertz CT molecular complexity index is 984. The molecule has 0 unspecified atom stereocenters. The number of hydrogen-bond donors (Lipinski definition) is 3. The van der Waals surface area contributed by atoms with Crippen molar-refractivity contribution in [2.75, 3.05) is 20.2 Å². The Hall–Kier alpha value is -2.61. The average Bonchev–Trinajstić information content (AvgIpc) is 3.09. The van der Waals surface area contributed by atoms with Gasteiger partial charge >= 0.3 is 0 Å². The summed E-state index contributed by atoms with van der Waals surface area (Å²) in [5.74, 6) is -0.633. The third kappa shape index (κ3) is 2.28. The van der Waals surface area contributed by atoms with Gasteiger partial charge in [0, 0.05) is 11.5 Å². The number of nitrogens with one attached hydrogen (secondary N) is 2. The number of H-pyrrole nitrogens is 1. The maximum Gasteiger partial charge on any atom is 0.251 e. The largest absolute Gasteiger partial charge is 0.481 e. The summed E-state index contributed by atoms with van der Waals surface area (Å²) in [6.07, 6.45) is 1.86. The van der Waals surface area contributed by atoms with E-state index in [0.717, 1.165) is 37.6 Å². The van der Waals surface area contributed by atoms with Gasteiger partial charge in [0.15, 0.2) is 5.65 Å². The van der Waals surface area contributed by atoms with Crippen LogP contribution in [0.2, 0.25) is 0 Å². The van der Waals surface area contributed by atoms with Gasteiger partial charge in [-0.1, -0.05) is 6.92 Å². The van der Waals surface area contributed by atoms with E-state index >= 15 is 0 Å². The highest BCUT2D eigenvalue weighted by Gasteiger charge is 2.36. The molecule has 2 aromatic heterocycles. The van der Waals surface area contributed by atoms with Gasteiger partial charge in [0.1, 0.15) is 11.3 Å². The fraction of sp³-hybridized carbons (Fsp3) is 0.412. The lowest BCUT2D eigenvalue weighted by atomic mass is 9.76. The second kappa shape index (κ2) is 5.45. The van der Waals surface area contributed by atoms with Crippen LogP contribution >= 0.6 is 0 Å². The van der Waals surface area contributed by atoms with Crippen molar-refractivity contribution in [1.29, 1.82) is 0 Å². The van der Waals surface area contributed by atoms with E-state index in [-0.39, 0.29) is 11.0 Å². The maximum atomic E-state index is 13.9. The molecule has 7 nitrogen and oxygen atoms in total. The van der Waals surface area contributed by atoms with Crippen LogP contribution in [0.5, 0.6) is 5.88 Å². The molecule has 0 bridgehead atoms. The number of piperidine rings is 1. The number of nitrogens with two attached hydrogens (primary N) is 1. The van der Waals surface area contributed by atoms with Gasteiger partial charge in [-0.3, -0.25) is 9.89 Å². The number of ether oxygens (including phenoxy) is 1. The van der Waals surface area contributed by atoms with Crippen molar-refractivity contribution in [3.63, 3.8) is 0 Å². The number of carbonyl (C=O) groups is 1. The predicted octanol–water partition coefficient (Wildman–Crippen LogP) is 1.70. The van der Waals surface area contributed by atoms with Gasteiger partial charge in [-0.05, 0) is 32.0 Å². The Morgan fingerprint density at radius 3 is 2.76 bits per heavy atom. The van der Waals surface area contributed by atoms with Gasteiger partial charge in [0.25, 0.3) is 5.91 Å². The summed E-state index contributed by atoms with van der Waals surface area (Å²) in [6.45, 7) is 3.98. The highest BCUT2D eigenvalue weighted by molar-refractivity contribution is 6.05. The minimum Gasteiger partial charge on any atom is -0.481 e. The van der Waals surface area contributed by atoms with E-state index in [4.69, 9.17) is 10.5 Å². The number of imidazole rings is 1. The Labute approximate surface area is 143 Å². The van der Waals surface area contributed by atoms with Gasteiger partial charge in [-0.2, -0.15) is 0 Å². The molecular weight excluding hydrogens is 325 g/mol. The lowest BCUT2D eigenvalue weighted by Gasteiger charge is -2.33. The number of nitrogens with zero attached hydrogens (tertiary/aromatic N) is 2. The minimum absolute atomic E-state index is 0.0911. The standard InChI is InChI=1S/C17H20FN5O2/c1-17(3-5-20-6-4-17)12-15-21-11-8-9(18)7-10(14(19)24)13(11)23(15)22-16(12)25-2/h7-8,20,22H,3-6H2,1-2H3,(H2,19,24). The molecule has 4 rings (SSSR count). The third-order valence-electron chi connectivity index (χ3n) is 5.16. The number of amides is 1. The van der Waals surface area contributed by atoms with Crippen LogP contribution in [0.4, 0.5) is 4.39 Å². The van der Waals surface area contributed by atoms with Crippen LogP contribution < -0.4 is 15.8 Å². The Morgan fingerprint density at radius 1 is 1.40 bits per heavy atom. The van der Waals surface area contributed by atoms with Crippen molar-refractivity contribution in [2.24, 2.45) is 5.73 Å². The number of hydrogen-bond acceptors (Lipinski definition) is 4. The van der Waals surface area contributed by atoms with E-state index in [9.17, 15) is 9.18 Å². The summed E-state index contributed by atoms with van der Waals surface area (Å²) in [6, 6.07) is 2.45. The fourth-order valence-electron chi connectivity index (χ4n) is 3.82. The molecule has 3 heterocycles. The van der Waals surface area contributed by atoms with Gasteiger partial charge in [-0.15, -0.1) is 0 Å². The zero-order chi connectivity index (χ0) is 17.8. The number of benzene rings is 1. The number of carbonyl (C=O) groups excluding carboxylic acids is 1. The Morgan fingerprint density at radius 2 is 2.12 bits per heavy atom. The summed E-state index contributed by atoms with van der Waals surface area (Å²) in [5, 5.41) is 6.51. The molecule has 0 radical (unpaired) electrons. The molecule has 25 heavy (non-hydrogen) atoms. The summed E-state index contributed by atoms with van der Waals surface area (Å²) in [7, 11) is 1.59. The van der Waals surface area contributed by atoms with Crippen molar-refractivity contribution in [1.82, 2.24) is 19.9 Å². The minimum atomic E-state index is -0.700. The molecule has 0 spiro atoms. The molecular formula is C17H20FN5O2. The Balaban J connectivity index is 2.07. The second-order valence-electron chi connectivity index (χ2n) is 6.79. The summed E-state index contributed by atoms with van der Waals surface area (Å²) in [4.78, 5) is 16.4. The van der Waals surface area contributed by atoms with Crippen molar-refractivity contribution in [3.05, 3.63) is 29.1 Å². The lowest BCUT2D eigenvalue weighted by molar-refractivity contribution is 0.100. The number of primary amides is 1. The highest BCUT2D eigenvalue weighted by Crippen LogP contribution is 2.41.